The topological polar surface area (TPSA) is 56.8 Å². The number of piperidine rings is 1. The molecule has 3 rings (SSSR count). The van der Waals surface area contributed by atoms with Gasteiger partial charge in [0.15, 0.2) is 0 Å². The largest absolute Gasteiger partial charge is 0.372 e. The van der Waals surface area contributed by atoms with Gasteiger partial charge in [-0.3, -0.25) is 0 Å². The van der Waals surface area contributed by atoms with Crippen molar-refractivity contribution in [2.45, 2.75) is 44.9 Å². The molecule has 1 aromatic carbocycles. The quantitative estimate of drug-likeness (QED) is 0.883. The number of morpholine rings is 1. The number of amides is 2. The van der Waals surface area contributed by atoms with Gasteiger partial charge in [0.2, 0.25) is 0 Å². The number of ether oxygens (including phenoxy) is 1. The fraction of sp³-hybridized carbons (Fsp3) is 0.632. The zero-order chi connectivity index (χ0) is 17.8. The first-order valence-corrected chi connectivity index (χ1v) is 9.26. The monoisotopic (exact) mass is 346 g/mol. The van der Waals surface area contributed by atoms with Gasteiger partial charge in [-0.2, -0.15) is 0 Å². The highest BCUT2D eigenvalue weighted by molar-refractivity contribution is 5.89. The Labute approximate surface area is 150 Å². The summed E-state index contributed by atoms with van der Waals surface area (Å²) in [4.78, 5) is 16.8. The molecule has 2 amide bonds. The number of nitrogens with one attached hydrogen (secondary N) is 2. The van der Waals surface area contributed by atoms with Crippen LogP contribution in [0, 0.1) is 0 Å². The third-order valence-electron chi connectivity index (χ3n) is 4.96. The zero-order valence-electron chi connectivity index (χ0n) is 15.5. The maximum absolute atomic E-state index is 12.2. The molecule has 25 heavy (non-hydrogen) atoms. The molecule has 0 aliphatic carbocycles. The number of hydrogen-bond acceptors (Lipinski definition) is 4. The van der Waals surface area contributed by atoms with E-state index in [4.69, 9.17) is 4.74 Å². The predicted octanol–water partition coefficient (Wildman–Crippen LogP) is 2.52. The summed E-state index contributed by atoms with van der Waals surface area (Å²) in [5.41, 5.74) is 1.99. The Bertz CT molecular complexity index is 559. The summed E-state index contributed by atoms with van der Waals surface area (Å²) in [6, 6.07) is 8.22. The number of nitrogens with zero attached hydrogens (tertiary/aromatic N) is 2. The summed E-state index contributed by atoms with van der Waals surface area (Å²) < 4.78 is 5.78. The lowest BCUT2D eigenvalue weighted by Crippen LogP contribution is -2.45. The van der Waals surface area contributed by atoms with Crippen molar-refractivity contribution in [2.75, 3.05) is 43.4 Å². The van der Waals surface area contributed by atoms with Crippen LogP contribution in [-0.4, -0.2) is 62.4 Å². The highest BCUT2D eigenvalue weighted by atomic mass is 16.5. The second-order valence-corrected chi connectivity index (χ2v) is 7.39. The molecule has 2 heterocycles. The van der Waals surface area contributed by atoms with Crippen molar-refractivity contribution in [1.29, 1.82) is 0 Å². The lowest BCUT2D eigenvalue weighted by atomic mass is 10.1. The molecule has 138 valence electrons. The average molecular weight is 346 g/mol. The smallest absolute Gasteiger partial charge is 0.319 e. The Morgan fingerprint density at radius 3 is 2.28 bits per heavy atom. The summed E-state index contributed by atoms with van der Waals surface area (Å²) >= 11 is 0. The van der Waals surface area contributed by atoms with Gasteiger partial charge in [-0.25, -0.2) is 4.79 Å². The SMILES string of the molecule is C[C@@H]1CN(c2ccc(NC(=O)NC3CCN(C)CC3)cc2)C[C@H](C)O1. The molecule has 2 aliphatic rings. The number of benzene rings is 1. The summed E-state index contributed by atoms with van der Waals surface area (Å²) in [6.45, 7) is 8.07. The third-order valence-corrected chi connectivity index (χ3v) is 4.96. The molecule has 1 aromatic rings. The minimum Gasteiger partial charge on any atom is -0.372 e. The summed E-state index contributed by atoms with van der Waals surface area (Å²) in [5.74, 6) is 0. The molecule has 0 spiro atoms. The van der Waals surface area contributed by atoms with E-state index >= 15 is 0 Å². The first kappa shape index (κ1) is 18.0. The van der Waals surface area contributed by atoms with Crippen LogP contribution < -0.4 is 15.5 Å². The van der Waals surface area contributed by atoms with E-state index in [-0.39, 0.29) is 24.3 Å². The Hall–Kier alpha value is -1.79. The van der Waals surface area contributed by atoms with Gasteiger partial charge in [0.25, 0.3) is 0 Å². The second-order valence-electron chi connectivity index (χ2n) is 7.39. The van der Waals surface area contributed by atoms with Gasteiger partial charge in [-0.15, -0.1) is 0 Å². The highest BCUT2D eigenvalue weighted by Gasteiger charge is 2.22. The van der Waals surface area contributed by atoms with E-state index in [9.17, 15) is 4.79 Å². The van der Waals surface area contributed by atoms with Crippen molar-refractivity contribution in [3.05, 3.63) is 24.3 Å². The van der Waals surface area contributed by atoms with Crippen molar-refractivity contribution in [3.63, 3.8) is 0 Å². The van der Waals surface area contributed by atoms with E-state index in [1.54, 1.807) is 0 Å². The van der Waals surface area contributed by atoms with Crippen LogP contribution in [0.3, 0.4) is 0 Å². The van der Waals surface area contributed by atoms with Gasteiger partial charge >= 0.3 is 6.03 Å². The van der Waals surface area contributed by atoms with Crippen molar-refractivity contribution in [2.24, 2.45) is 0 Å². The number of carbonyl (C=O) groups is 1. The molecule has 2 aliphatic heterocycles. The molecule has 6 heteroatoms. The van der Waals surface area contributed by atoms with Gasteiger partial charge in [0.1, 0.15) is 0 Å². The second kappa shape index (κ2) is 8.06. The molecule has 0 saturated carbocycles. The first-order valence-electron chi connectivity index (χ1n) is 9.26. The number of carbonyl (C=O) groups excluding carboxylic acids is 1. The normalized spacial score (nSPS) is 25.6. The number of anilines is 2. The summed E-state index contributed by atoms with van der Waals surface area (Å²) in [5, 5.41) is 6.02. The lowest BCUT2D eigenvalue weighted by Gasteiger charge is -2.36. The highest BCUT2D eigenvalue weighted by Crippen LogP contribution is 2.22. The van der Waals surface area contributed by atoms with Crippen LogP contribution in [0.5, 0.6) is 0 Å². The maximum Gasteiger partial charge on any atom is 0.319 e. The Morgan fingerprint density at radius 1 is 1.08 bits per heavy atom. The van der Waals surface area contributed by atoms with E-state index in [2.05, 4.69) is 53.5 Å². The van der Waals surface area contributed by atoms with Crippen LogP contribution in [0.15, 0.2) is 24.3 Å². The maximum atomic E-state index is 12.2. The molecular formula is C19H30N4O2. The zero-order valence-corrected chi connectivity index (χ0v) is 15.5. The minimum atomic E-state index is -0.115. The molecule has 0 bridgehead atoms. The molecule has 2 saturated heterocycles. The first-order chi connectivity index (χ1) is 12.0. The van der Waals surface area contributed by atoms with E-state index < -0.39 is 0 Å². The van der Waals surface area contributed by atoms with Crippen LogP contribution in [-0.2, 0) is 4.74 Å². The predicted molar refractivity (Wildman–Crippen MR) is 101 cm³/mol. The van der Waals surface area contributed by atoms with Crippen LogP contribution >= 0.6 is 0 Å². The van der Waals surface area contributed by atoms with Gasteiger partial charge in [0.05, 0.1) is 12.2 Å². The molecule has 0 aromatic heterocycles. The fourth-order valence-electron chi connectivity index (χ4n) is 3.65. The molecule has 0 unspecified atom stereocenters. The van der Waals surface area contributed by atoms with Gasteiger partial charge in [0, 0.05) is 30.5 Å². The van der Waals surface area contributed by atoms with Crippen molar-refractivity contribution in [1.82, 2.24) is 10.2 Å². The van der Waals surface area contributed by atoms with E-state index in [0.29, 0.717) is 0 Å². The van der Waals surface area contributed by atoms with Gasteiger partial charge in [-0.1, -0.05) is 0 Å². The fourth-order valence-corrected chi connectivity index (χ4v) is 3.65. The Kier molecular flexibility index (Phi) is 5.81. The van der Waals surface area contributed by atoms with Crippen LogP contribution in [0.1, 0.15) is 26.7 Å². The molecule has 2 N–H and O–H groups in total. The van der Waals surface area contributed by atoms with Crippen molar-refractivity contribution in [3.8, 4) is 0 Å². The van der Waals surface area contributed by atoms with Crippen LogP contribution in [0.2, 0.25) is 0 Å². The standard InChI is InChI=1S/C19H30N4O2/c1-14-12-23(13-15(2)25-14)18-6-4-16(5-7-18)20-19(24)21-17-8-10-22(3)11-9-17/h4-7,14-15,17H,8-13H2,1-3H3,(H2,20,21,24)/t14-,15+. The molecule has 2 fully saturated rings. The minimum absolute atomic E-state index is 0.115. The van der Waals surface area contributed by atoms with E-state index in [1.165, 1.54) is 5.69 Å². The third kappa shape index (κ3) is 5.09. The van der Waals surface area contributed by atoms with Crippen LogP contribution in [0.4, 0.5) is 16.2 Å². The van der Waals surface area contributed by atoms with Gasteiger partial charge < -0.3 is 25.2 Å². The number of likely N-dealkylation sites (tertiary alicyclic amines) is 1. The van der Waals surface area contributed by atoms with Gasteiger partial charge in [-0.05, 0) is 71.1 Å². The van der Waals surface area contributed by atoms with Crippen molar-refractivity contribution < 1.29 is 9.53 Å². The molecule has 2 atom stereocenters. The van der Waals surface area contributed by atoms with Crippen LogP contribution in [0.25, 0.3) is 0 Å². The van der Waals surface area contributed by atoms with E-state index in [1.807, 2.05) is 12.1 Å². The number of hydrogen-bond donors (Lipinski definition) is 2. The Morgan fingerprint density at radius 2 is 1.68 bits per heavy atom. The summed E-state index contributed by atoms with van der Waals surface area (Å²) in [6.07, 6.45) is 2.50. The van der Waals surface area contributed by atoms with Crippen molar-refractivity contribution >= 4 is 17.4 Å². The average Bonchev–Trinajstić information content (AvgIpc) is 2.57. The molecule has 0 radical (unpaired) electrons. The molecular weight excluding hydrogens is 316 g/mol. The lowest BCUT2D eigenvalue weighted by molar-refractivity contribution is -0.00521. The molecule has 6 nitrogen and oxygen atoms in total. The number of rotatable bonds is 3. The number of urea groups is 1. The Balaban J connectivity index is 1.51. The summed E-state index contributed by atoms with van der Waals surface area (Å²) in [7, 11) is 2.12. The van der Waals surface area contributed by atoms with E-state index in [0.717, 1.165) is 44.7 Å².